The van der Waals surface area contributed by atoms with E-state index in [0.717, 1.165) is 70.6 Å². The molecule has 7 heteroatoms. The van der Waals surface area contributed by atoms with E-state index < -0.39 is 0 Å². The lowest BCUT2D eigenvalue weighted by Gasteiger charge is -2.36. The molecule has 0 radical (unpaired) electrons. The Bertz CT molecular complexity index is 702. The van der Waals surface area contributed by atoms with Crippen molar-refractivity contribution in [3.05, 3.63) is 48.0 Å². The fraction of sp³-hybridized carbons (Fsp3) is 0.550. The van der Waals surface area contributed by atoms with Gasteiger partial charge in [0, 0.05) is 52.2 Å². The smallest absolute Gasteiger partial charge is 0.194 e. The van der Waals surface area contributed by atoms with Crippen LogP contribution in [0.5, 0.6) is 0 Å². The summed E-state index contributed by atoms with van der Waals surface area (Å²) in [6, 6.07) is 10.7. The van der Waals surface area contributed by atoms with Gasteiger partial charge < -0.3 is 14.8 Å². The summed E-state index contributed by atoms with van der Waals surface area (Å²) in [5, 5.41) is 11.6. The van der Waals surface area contributed by atoms with Gasteiger partial charge in [0.2, 0.25) is 0 Å². The first-order valence-electron chi connectivity index (χ1n) is 9.96. The van der Waals surface area contributed by atoms with Gasteiger partial charge in [0.1, 0.15) is 12.2 Å². The molecule has 7 nitrogen and oxygen atoms in total. The number of aliphatic imine (C=N–C) groups is 1. The summed E-state index contributed by atoms with van der Waals surface area (Å²) < 4.78 is 2.09. The molecular weight excluding hydrogens is 338 g/mol. The quantitative estimate of drug-likeness (QED) is 0.594. The van der Waals surface area contributed by atoms with Crippen LogP contribution < -0.4 is 5.32 Å². The van der Waals surface area contributed by atoms with E-state index in [4.69, 9.17) is 4.99 Å². The highest BCUT2D eigenvalue weighted by molar-refractivity contribution is 5.80. The number of benzene rings is 1. The fourth-order valence-electron chi connectivity index (χ4n) is 3.39. The zero-order valence-corrected chi connectivity index (χ0v) is 16.5. The molecule has 1 aromatic carbocycles. The van der Waals surface area contributed by atoms with Gasteiger partial charge in [0.15, 0.2) is 5.96 Å². The summed E-state index contributed by atoms with van der Waals surface area (Å²) in [5.74, 6) is 2.03. The molecule has 1 aliphatic heterocycles. The molecule has 0 saturated carbocycles. The van der Waals surface area contributed by atoms with Gasteiger partial charge in [-0.3, -0.25) is 9.89 Å². The largest absolute Gasteiger partial charge is 0.357 e. The van der Waals surface area contributed by atoms with Crippen LogP contribution in [0.3, 0.4) is 0 Å². The average Bonchev–Trinajstić information content (AvgIpc) is 3.16. The predicted octanol–water partition coefficient (Wildman–Crippen LogP) is 1.62. The number of aromatic nitrogens is 3. The number of hydrogen-bond acceptors (Lipinski definition) is 4. The van der Waals surface area contributed by atoms with Gasteiger partial charge in [-0.05, 0) is 12.5 Å². The third kappa shape index (κ3) is 5.53. The molecule has 1 fully saturated rings. The Balaban J connectivity index is 1.51. The van der Waals surface area contributed by atoms with Gasteiger partial charge in [-0.15, -0.1) is 10.2 Å². The standard InChI is InChI=1S/C20H31N7/c1-3-19-24-23-17-27(19)11-10-22-20(21-4-2)26-14-12-25(13-15-26)16-18-8-6-5-7-9-18/h5-9,17H,3-4,10-16H2,1-2H3,(H,21,22). The van der Waals surface area contributed by atoms with Crippen LogP contribution in [0.1, 0.15) is 25.2 Å². The third-order valence-electron chi connectivity index (χ3n) is 4.87. The van der Waals surface area contributed by atoms with Crippen molar-refractivity contribution in [3.8, 4) is 0 Å². The van der Waals surface area contributed by atoms with E-state index in [0.29, 0.717) is 0 Å². The first-order valence-corrected chi connectivity index (χ1v) is 9.96. The lowest BCUT2D eigenvalue weighted by Crippen LogP contribution is -2.52. The molecule has 3 rings (SSSR count). The molecule has 0 atom stereocenters. The third-order valence-corrected chi connectivity index (χ3v) is 4.87. The highest BCUT2D eigenvalue weighted by Gasteiger charge is 2.19. The van der Waals surface area contributed by atoms with Crippen LogP contribution in [0, 0.1) is 0 Å². The van der Waals surface area contributed by atoms with Crippen LogP contribution in [0.15, 0.2) is 41.7 Å². The van der Waals surface area contributed by atoms with E-state index in [1.165, 1.54) is 5.56 Å². The molecule has 0 bridgehead atoms. The van der Waals surface area contributed by atoms with E-state index in [2.05, 4.69) is 74.1 Å². The van der Waals surface area contributed by atoms with E-state index in [-0.39, 0.29) is 0 Å². The summed E-state index contributed by atoms with van der Waals surface area (Å²) in [6.45, 7) is 11.8. The number of hydrogen-bond donors (Lipinski definition) is 1. The van der Waals surface area contributed by atoms with Crippen LogP contribution in [0.4, 0.5) is 0 Å². The maximum absolute atomic E-state index is 4.83. The van der Waals surface area contributed by atoms with Crippen molar-refractivity contribution in [1.29, 1.82) is 0 Å². The Morgan fingerprint density at radius 2 is 1.89 bits per heavy atom. The molecule has 1 N–H and O–H groups in total. The van der Waals surface area contributed by atoms with Crippen molar-refractivity contribution in [1.82, 2.24) is 29.9 Å². The highest BCUT2D eigenvalue weighted by atomic mass is 15.3. The summed E-state index contributed by atoms with van der Waals surface area (Å²) in [6.07, 6.45) is 2.69. The Kier molecular flexibility index (Phi) is 7.21. The SMILES string of the molecule is CCNC(=NCCn1cnnc1CC)N1CCN(Cc2ccccc2)CC1. The Morgan fingerprint density at radius 1 is 1.11 bits per heavy atom. The fourth-order valence-corrected chi connectivity index (χ4v) is 3.39. The van der Waals surface area contributed by atoms with Gasteiger partial charge in [0.25, 0.3) is 0 Å². The summed E-state index contributed by atoms with van der Waals surface area (Å²) >= 11 is 0. The van der Waals surface area contributed by atoms with E-state index >= 15 is 0 Å². The molecule has 2 aromatic rings. The molecule has 1 aromatic heterocycles. The van der Waals surface area contributed by atoms with Crippen LogP contribution in [-0.2, 0) is 19.5 Å². The minimum atomic E-state index is 0.734. The van der Waals surface area contributed by atoms with Gasteiger partial charge in [0.05, 0.1) is 6.54 Å². The Hall–Kier alpha value is -2.41. The lowest BCUT2D eigenvalue weighted by molar-refractivity contribution is 0.172. The molecule has 1 aliphatic rings. The molecule has 146 valence electrons. The molecular formula is C20H31N7. The van der Waals surface area contributed by atoms with E-state index in [1.54, 1.807) is 6.33 Å². The van der Waals surface area contributed by atoms with E-state index in [9.17, 15) is 0 Å². The second-order valence-corrected chi connectivity index (χ2v) is 6.78. The van der Waals surface area contributed by atoms with Crippen LogP contribution >= 0.6 is 0 Å². The van der Waals surface area contributed by atoms with Crippen LogP contribution in [0.2, 0.25) is 0 Å². The molecule has 2 heterocycles. The molecule has 0 unspecified atom stereocenters. The molecule has 27 heavy (non-hydrogen) atoms. The number of piperazine rings is 1. The van der Waals surface area contributed by atoms with Crippen LogP contribution in [-0.4, -0.2) is 69.8 Å². The Labute approximate surface area is 162 Å². The first kappa shape index (κ1) is 19.4. The van der Waals surface area contributed by atoms with Crippen molar-refractivity contribution in [2.45, 2.75) is 33.4 Å². The maximum atomic E-state index is 4.83. The second kappa shape index (κ2) is 10.1. The molecule has 1 saturated heterocycles. The summed E-state index contributed by atoms with van der Waals surface area (Å²) in [5.41, 5.74) is 1.38. The summed E-state index contributed by atoms with van der Waals surface area (Å²) in [7, 11) is 0. The van der Waals surface area contributed by atoms with Crippen molar-refractivity contribution in [2.75, 3.05) is 39.3 Å². The molecule has 0 aliphatic carbocycles. The van der Waals surface area contributed by atoms with Gasteiger partial charge >= 0.3 is 0 Å². The zero-order valence-electron chi connectivity index (χ0n) is 16.5. The molecule has 0 spiro atoms. The number of aryl methyl sites for hydroxylation is 1. The number of nitrogens with zero attached hydrogens (tertiary/aromatic N) is 6. The van der Waals surface area contributed by atoms with Gasteiger partial charge in [-0.1, -0.05) is 37.3 Å². The second-order valence-electron chi connectivity index (χ2n) is 6.78. The minimum absolute atomic E-state index is 0.734. The van der Waals surface area contributed by atoms with Crippen molar-refractivity contribution in [2.24, 2.45) is 4.99 Å². The zero-order chi connectivity index (χ0) is 18.9. The van der Waals surface area contributed by atoms with Crippen molar-refractivity contribution >= 4 is 5.96 Å². The van der Waals surface area contributed by atoms with Crippen molar-refractivity contribution < 1.29 is 0 Å². The van der Waals surface area contributed by atoms with E-state index in [1.807, 2.05) is 0 Å². The minimum Gasteiger partial charge on any atom is -0.357 e. The van der Waals surface area contributed by atoms with Gasteiger partial charge in [-0.2, -0.15) is 0 Å². The number of rotatable bonds is 7. The lowest BCUT2D eigenvalue weighted by atomic mass is 10.2. The number of nitrogens with one attached hydrogen (secondary N) is 1. The van der Waals surface area contributed by atoms with Gasteiger partial charge in [-0.25, -0.2) is 0 Å². The maximum Gasteiger partial charge on any atom is 0.194 e. The monoisotopic (exact) mass is 369 g/mol. The topological polar surface area (TPSA) is 61.6 Å². The Morgan fingerprint density at radius 3 is 2.59 bits per heavy atom. The van der Waals surface area contributed by atoms with Crippen molar-refractivity contribution in [3.63, 3.8) is 0 Å². The van der Waals surface area contributed by atoms with Crippen LogP contribution in [0.25, 0.3) is 0 Å². The predicted molar refractivity (Wildman–Crippen MR) is 109 cm³/mol. The first-order chi connectivity index (χ1) is 13.3. The number of guanidine groups is 1. The normalized spacial score (nSPS) is 15.9. The highest BCUT2D eigenvalue weighted by Crippen LogP contribution is 2.08. The average molecular weight is 370 g/mol. The molecule has 0 amide bonds. The summed E-state index contributed by atoms with van der Waals surface area (Å²) in [4.78, 5) is 9.72.